The Hall–Kier alpha value is -4.09. The Bertz CT molecular complexity index is 1580. The van der Waals surface area contributed by atoms with Crippen molar-refractivity contribution in [1.82, 2.24) is 14.8 Å². The SMILES string of the molecule is C[C@H](Oc1cc(O[C@@H]2CCN(C(=O)OC(C)(C)C)C2)cc(/C(N)=N/OC(=O)[C@@]2(C)CCCc3sc(N)c(C#N)c32)n1)[C@@H]1CCCN1C. The van der Waals surface area contributed by atoms with Crippen LogP contribution in [0.25, 0.3) is 0 Å². The van der Waals surface area contributed by atoms with Crippen LogP contribution < -0.4 is 20.9 Å². The molecule has 5 rings (SSSR count). The predicted molar refractivity (Wildman–Crippen MR) is 177 cm³/mol. The van der Waals surface area contributed by atoms with E-state index in [0.29, 0.717) is 47.8 Å². The number of amides is 1. The molecule has 1 aliphatic carbocycles. The standard InChI is InChI=1S/C33H45N7O6S/c1-19(24-9-8-13-39(24)6)43-26-16-21(44-20-11-14-40(18-20)31(42)45-32(2,3)4)15-23(37-26)28(35)38-46-30(41)33(5)12-7-10-25-27(33)22(17-34)29(36)47-25/h15-16,19-20,24H,7-14,18,36H2,1-6H3,(H2,35,38)/t19-,20+,24-,33-/m0/s1. The lowest BCUT2D eigenvalue weighted by molar-refractivity contribution is -0.150. The molecule has 254 valence electrons. The summed E-state index contributed by atoms with van der Waals surface area (Å²) in [5.74, 6) is -0.0708. The molecule has 4 N–H and O–H groups in total. The summed E-state index contributed by atoms with van der Waals surface area (Å²) in [7, 11) is 2.07. The number of nitrogens with two attached hydrogens (primary N) is 2. The fraction of sp³-hybridized carbons (Fsp3) is 0.606. The number of anilines is 1. The van der Waals surface area contributed by atoms with Gasteiger partial charge in [-0.15, -0.1) is 11.3 Å². The van der Waals surface area contributed by atoms with E-state index < -0.39 is 17.0 Å². The van der Waals surface area contributed by atoms with Gasteiger partial charge in [0.1, 0.15) is 40.3 Å². The van der Waals surface area contributed by atoms with Crippen molar-refractivity contribution in [3.8, 4) is 17.7 Å². The van der Waals surface area contributed by atoms with Crippen LogP contribution in [0.1, 0.15) is 88.4 Å². The molecule has 2 aromatic rings. The summed E-state index contributed by atoms with van der Waals surface area (Å²) in [6.45, 7) is 11.1. The number of carbonyl (C=O) groups excluding carboxylic acids is 2. The molecular formula is C33H45N7O6S. The number of rotatable bonds is 8. The molecular weight excluding hydrogens is 622 g/mol. The first-order valence-corrected chi connectivity index (χ1v) is 16.9. The number of likely N-dealkylation sites (tertiary alicyclic amines) is 2. The van der Waals surface area contributed by atoms with Crippen LogP contribution in [0.5, 0.6) is 11.6 Å². The third kappa shape index (κ3) is 7.57. The van der Waals surface area contributed by atoms with Gasteiger partial charge in [-0.2, -0.15) is 5.26 Å². The second kappa shape index (κ2) is 13.6. The highest BCUT2D eigenvalue weighted by Crippen LogP contribution is 2.46. The first-order valence-electron chi connectivity index (χ1n) is 16.1. The maximum atomic E-state index is 13.5. The van der Waals surface area contributed by atoms with E-state index in [1.807, 2.05) is 27.7 Å². The Labute approximate surface area is 279 Å². The Morgan fingerprint density at radius 2 is 2.00 bits per heavy atom. The summed E-state index contributed by atoms with van der Waals surface area (Å²) in [4.78, 5) is 40.9. The number of fused-ring (bicyclic) bond motifs is 1. The highest BCUT2D eigenvalue weighted by molar-refractivity contribution is 7.16. The monoisotopic (exact) mass is 667 g/mol. The molecule has 47 heavy (non-hydrogen) atoms. The summed E-state index contributed by atoms with van der Waals surface area (Å²) < 4.78 is 18.1. The number of aryl methyl sites for hydroxylation is 1. The average molecular weight is 668 g/mol. The van der Waals surface area contributed by atoms with E-state index in [9.17, 15) is 14.9 Å². The minimum atomic E-state index is -1.10. The van der Waals surface area contributed by atoms with Gasteiger partial charge in [0, 0.05) is 41.6 Å². The van der Waals surface area contributed by atoms with Crippen LogP contribution in [0.3, 0.4) is 0 Å². The number of carbonyl (C=O) groups is 2. The van der Waals surface area contributed by atoms with Gasteiger partial charge >= 0.3 is 12.1 Å². The van der Waals surface area contributed by atoms with E-state index in [1.54, 1.807) is 24.0 Å². The number of likely N-dealkylation sites (N-methyl/N-ethyl adjacent to an activating group) is 1. The number of oxime groups is 1. The normalized spacial score (nSPS) is 23.9. The molecule has 2 aromatic heterocycles. The van der Waals surface area contributed by atoms with Crippen molar-refractivity contribution in [3.05, 3.63) is 33.8 Å². The summed E-state index contributed by atoms with van der Waals surface area (Å²) in [5, 5.41) is 14.1. The summed E-state index contributed by atoms with van der Waals surface area (Å²) in [6, 6.07) is 5.67. The van der Waals surface area contributed by atoms with Crippen LogP contribution in [0.15, 0.2) is 17.3 Å². The smallest absolute Gasteiger partial charge is 0.410 e. The lowest BCUT2D eigenvalue weighted by Crippen LogP contribution is -2.38. The minimum absolute atomic E-state index is 0.147. The number of amidine groups is 1. The number of pyridine rings is 1. The Balaban J connectivity index is 1.36. The molecule has 1 amide bonds. The molecule has 0 saturated carbocycles. The maximum Gasteiger partial charge on any atom is 0.410 e. The average Bonchev–Trinajstić information content (AvgIpc) is 3.73. The van der Waals surface area contributed by atoms with Gasteiger partial charge in [0.25, 0.3) is 0 Å². The number of ether oxygens (including phenoxy) is 3. The molecule has 0 spiro atoms. The molecule has 13 nitrogen and oxygen atoms in total. The molecule has 4 heterocycles. The summed E-state index contributed by atoms with van der Waals surface area (Å²) in [6.07, 6.45) is 3.81. The van der Waals surface area contributed by atoms with Gasteiger partial charge in [-0.05, 0) is 80.3 Å². The van der Waals surface area contributed by atoms with Gasteiger partial charge in [0.15, 0.2) is 5.84 Å². The summed E-state index contributed by atoms with van der Waals surface area (Å²) in [5.41, 5.74) is 11.9. The van der Waals surface area contributed by atoms with Crippen molar-refractivity contribution in [2.24, 2.45) is 10.9 Å². The fourth-order valence-corrected chi connectivity index (χ4v) is 7.78. The van der Waals surface area contributed by atoms with Gasteiger partial charge in [-0.3, -0.25) is 4.90 Å². The van der Waals surface area contributed by atoms with Crippen LogP contribution >= 0.6 is 11.3 Å². The van der Waals surface area contributed by atoms with Crippen LogP contribution in [-0.4, -0.2) is 83.2 Å². The van der Waals surface area contributed by atoms with E-state index in [2.05, 4.69) is 28.2 Å². The molecule has 2 aliphatic heterocycles. The van der Waals surface area contributed by atoms with Crippen molar-refractivity contribution in [2.75, 3.05) is 32.4 Å². The predicted octanol–water partition coefficient (Wildman–Crippen LogP) is 4.30. The van der Waals surface area contributed by atoms with E-state index in [0.717, 1.165) is 37.1 Å². The van der Waals surface area contributed by atoms with Crippen molar-refractivity contribution < 1.29 is 28.6 Å². The minimum Gasteiger partial charge on any atom is -0.488 e. The van der Waals surface area contributed by atoms with E-state index >= 15 is 0 Å². The second-order valence-corrected chi connectivity index (χ2v) is 14.9. The number of hydrogen-bond acceptors (Lipinski definition) is 12. The van der Waals surface area contributed by atoms with Crippen molar-refractivity contribution in [2.45, 2.75) is 102 Å². The van der Waals surface area contributed by atoms with Crippen LogP contribution in [-0.2, 0) is 26.2 Å². The molecule has 0 bridgehead atoms. The largest absolute Gasteiger partial charge is 0.488 e. The zero-order valence-electron chi connectivity index (χ0n) is 28.0. The summed E-state index contributed by atoms with van der Waals surface area (Å²) >= 11 is 1.33. The molecule has 0 unspecified atom stereocenters. The molecule has 0 aromatic carbocycles. The van der Waals surface area contributed by atoms with E-state index in [4.69, 9.17) is 30.5 Å². The number of nitriles is 1. The van der Waals surface area contributed by atoms with Gasteiger partial charge < -0.3 is 35.4 Å². The van der Waals surface area contributed by atoms with Crippen LogP contribution in [0.2, 0.25) is 0 Å². The van der Waals surface area contributed by atoms with Crippen molar-refractivity contribution >= 4 is 34.2 Å². The van der Waals surface area contributed by atoms with Crippen LogP contribution in [0, 0.1) is 11.3 Å². The van der Waals surface area contributed by atoms with Crippen molar-refractivity contribution in [1.29, 1.82) is 5.26 Å². The molecule has 2 saturated heterocycles. The fourth-order valence-electron chi connectivity index (χ4n) is 6.59. The molecule has 0 radical (unpaired) electrons. The molecule has 3 aliphatic rings. The highest BCUT2D eigenvalue weighted by Gasteiger charge is 2.45. The number of hydrogen-bond donors (Lipinski definition) is 2. The lowest BCUT2D eigenvalue weighted by Gasteiger charge is -2.30. The first-order chi connectivity index (χ1) is 22.2. The van der Waals surface area contributed by atoms with Gasteiger partial charge in [0.2, 0.25) is 5.88 Å². The Morgan fingerprint density at radius 3 is 2.68 bits per heavy atom. The quantitative estimate of drug-likeness (QED) is 0.177. The van der Waals surface area contributed by atoms with Crippen molar-refractivity contribution in [3.63, 3.8) is 0 Å². The van der Waals surface area contributed by atoms with E-state index in [1.165, 1.54) is 11.3 Å². The molecule has 4 atom stereocenters. The number of aromatic nitrogens is 1. The van der Waals surface area contributed by atoms with Gasteiger partial charge in [0.05, 0.1) is 17.5 Å². The third-order valence-electron chi connectivity index (χ3n) is 8.99. The third-order valence-corrected chi connectivity index (χ3v) is 10.1. The highest BCUT2D eigenvalue weighted by atomic mass is 32.1. The molecule has 14 heteroatoms. The number of thiophene rings is 1. The topological polar surface area (TPSA) is 179 Å². The maximum absolute atomic E-state index is 13.5. The number of nitrogens with zero attached hydrogens (tertiary/aromatic N) is 5. The van der Waals surface area contributed by atoms with E-state index in [-0.39, 0.29) is 41.8 Å². The zero-order valence-corrected chi connectivity index (χ0v) is 28.8. The lowest BCUT2D eigenvalue weighted by atomic mass is 9.72. The Kier molecular flexibility index (Phi) is 9.88. The van der Waals surface area contributed by atoms with Crippen LogP contribution in [0.4, 0.5) is 9.80 Å². The first kappa shape index (κ1) is 34.3. The molecule has 2 fully saturated rings. The Morgan fingerprint density at radius 1 is 1.23 bits per heavy atom. The van der Waals surface area contributed by atoms with Gasteiger partial charge in [-0.25, -0.2) is 14.6 Å². The van der Waals surface area contributed by atoms with Gasteiger partial charge in [-0.1, -0.05) is 5.16 Å². The zero-order chi connectivity index (χ0) is 34.1. The number of nitrogen functional groups attached to an aromatic ring is 1. The second-order valence-electron chi connectivity index (χ2n) is 13.8.